The summed E-state index contributed by atoms with van der Waals surface area (Å²) in [5.74, 6) is 0.942. The molecule has 2 aromatic carbocycles. The molecule has 0 aliphatic rings. The van der Waals surface area contributed by atoms with E-state index in [9.17, 15) is 8.42 Å². The lowest BCUT2D eigenvalue weighted by Crippen LogP contribution is -2.39. The first-order chi connectivity index (χ1) is 14.5. The predicted octanol–water partition coefficient (Wildman–Crippen LogP) is 3.09. The monoisotopic (exact) mass is 442 g/mol. The Morgan fingerprint density at radius 2 is 1.67 bits per heavy atom. The van der Waals surface area contributed by atoms with Gasteiger partial charge < -0.3 is 10.6 Å². The Balaban J connectivity index is 1.62. The van der Waals surface area contributed by atoms with Crippen molar-refractivity contribution in [2.45, 2.75) is 23.1 Å². The largest absolute Gasteiger partial charge is 0.356 e. The number of primary sulfonamides is 1. The fourth-order valence-electron chi connectivity index (χ4n) is 3.15. The first-order valence-corrected chi connectivity index (χ1v) is 12.0. The number of sulfonamides is 1. The first kappa shape index (κ1) is 22.0. The van der Waals surface area contributed by atoms with Gasteiger partial charge in [0.15, 0.2) is 5.96 Å². The molecule has 0 saturated heterocycles. The van der Waals surface area contributed by atoms with Crippen LogP contribution in [0.4, 0.5) is 0 Å². The highest BCUT2D eigenvalue weighted by Crippen LogP contribution is 2.21. The van der Waals surface area contributed by atoms with Crippen LogP contribution in [0.2, 0.25) is 0 Å². The molecule has 0 aliphatic heterocycles. The molecule has 0 radical (unpaired) electrons. The fourth-order valence-corrected chi connectivity index (χ4v) is 4.87. The molecular weight excluding hydrogens is 416 g/mol. The molecule has 1 aromatic heterocycles. The second-order valence-electron chi connectivity index (χ2n) is 6.87. The Bertz CT molecular complexity index is 1060. The molecule has 6 nitrogen and oxygen atoms in total. The van der Waals surface area contributed by atoms with E-state index in [1.54, 1.807) is 13.1 Å². The van der Waals surface area contributed by atoms with Gasteiger partial charge in [-0.15, -0.1) is 11.3 Å². The van der Waals surface area contributed by atoms with Gasteiger partial charge >= 0.3 is 0 Å². The molecule has 0 fully saturated rings. The molecule has 0 aliphatic carbocycles. The van der Waals surface area contributed by atoms with E-state index >= 15 is 0 Å². The Morgan fingerprint density at radius 3 is 2.27 bits per heavy atom. The van der Waals surface area contributed by atoms with Crippen LogP contribution in [0.3, 0.4) is 0 Å². The minimum absolute atomic E-state index is 0.161. The van der Waals surface area contributed by atoms with E-state index < -0.39 is 10.0 Å². The minimum Gasteiger partial charge on any atom is -0.356 e. The van der Waals surface area contributed by atoms with Crippen LogP contribution >= 0.6 is 11.3 Å². The van der Waals surface area contributed by atoms with Crippen molar-refractivity contribution in [3.8, 4) is 0 Å². The van der Waals surface area contributed by atoms with Crippen molar-refractivity contribution in [3.63, 3.8) is 0 Å². The van der Waals surface area contributed by atoms with E-state index in [1.807, 2.05) is 12.1 Å². The third-order valence-corrected chi connectivity index (χ3v) is 7.21. The van der Waals surface area contributed by atoms with Gasteiger partial charge in [-0.25, -0.2) is 13.6 Å². The van der Waals surface area contributed by atoms with Crippen LogP contribution < -0.4 is 15.8 Å². The Kier molecular flexibility index (Phi) is 7.62. The van der Waals surface area contributed by atoms with Gasteiger partial charge in [-0.2, -0.15) is 0 Å². The van der Waals surface area contributed by atoms with Crippen molar-refractivity contribution >= 4 is 27.3 Å². The van der Waals surface area contributed by atoms with E-state index in [2.05, 4.69) is 64.2 Å². The fraction of sp³-hybridized carbons (Fsp3) is 0.227. The van der Waals surface area contributed by atoms with Crippen LogP contribution in [-0.2, 0) is 23.0 Å². The van der Waals surface area contributed by atoms with Gasteiger partial charge in [-0.3, -0.25) is 4.99 Å². The number of nitrogens with one attached hydrogen (secondary N) is 2. The van der Waals surface area contributed by atoms with Gasteiger partial charge in [-0.1, -0.05) is 60.7 Å². The van der Waals surface area contributed by atoms with E-state index in [4.69, 9.17) is 5.14 Å². The summed E-state index contributed by atoms with van der Waals surface area (Å²) < 4.78 is 23.0. The van der Waals surface area contributed by atoms with E-state index in [1.165, 1.54) is 17.2 Å². The number of hydrogen-bond acceptors (Lipinski definition) is 4. The number of guanidine groups is 1. The average molecular weight is 443 g/mol. The topological polar surface area (TPSA) is 96.6 Å². The Labute approximate surface area is 181 Å². The number of nitrogens with zero attached hydrogens (tertiary/aromatic N) is 1. The SMILES string of the molecule is CN=C(NCc1ccc(S(N)(=O)=O)s1)NCC(Cc1ccccc1)c1ccccc1. The third kappa shape index (κ3) is 6.41. The maximum atomic E-state index is 11.4. The standard InChI is InChI=1S/C22H26N4O2S2/c1-24-22(26-16-20-12-13-21(29-20)30(23,27)28)25-15-19(18-10-6-3-7-11-18)14-17-8-4-2-5-9-17/h2-13,19H,14-16H2,1H3,(H2,23,27,28)(H2,24,25,26). The zero-order chi connectivity index (χ0) is 21.4. The number of benzene rings is 2. The molecule has 158 valence electrons. The Hall–Kier alpha value is -2.68. The molecule has 4 N–H and O–H groups in total. The zero-order valence-corrected chi connectivity index (χ0v) is 18.4. The predicted molar refractivity (Wildman–Crippen MR) is 123 cm³/mol. The van der Waals surface area contributed by atoms with Gasteiger partial charge in [-0.05, 0) is 29.7 Å². The van der Waals surface area contributed by atoms with Crippen molar-refractivity contribution in [2.75, 3.05) is 13.6 Å². The molecule has 3 rings (SSSR count). The number of hydrogen-bond donors (Lipinski definition) is 3. The number of nitrogens with two attached hydrogens (primary N) is 1. The molecule has 1 atom stereocenters. The van der Waals surface area contributed by atoms with Crippen molar-refractivity contribution in [1.82, 2.24) is 10.6 Å². The molecule has 1 heterocycles. The maximum absolute atomic E-state index is 11.4. The highest BCUT2D eigenvalue weighted by Gasteiger charge is 2.14. The number of thiophene rings is 1. The summed E-state index contributed by atoms with van der Waals surface area (Å²) in [6.07, 6.45) is 0.914. The summed E-state index contributed by atoms with van der Waals surface area (Å²) in [6, 6.07) is 24.1. The molecule has 30 heavy (non-hydrogen) atoms. The lowest BCUT2D eigenvalue weighted by Gasteiger charge is -2.20. The minimum atomic E-state index is -3.66. The smallest absolute Gasteiger partial charge is 0.247 e. The number of aliphatic imine (C=N–C) groups is 1. The Morgan fingerprint density at radius 1 is 1.00 bits per heavy atom. The normalized spacial score (nSPS) is 13.1. The van der Waals surface area contributed by atoms with Crippen LogP contribution in [0.25, 0.3) is 0 Å². The third-order valence-electron chi connectivity index (χ3n) is 4.68. The summed E-state index contributed by atoms with van der Waals surface area (Å²) in [4.78, 5) is 5.15. The van der Waals surface area contributed by atoms with E-state index in [0.29, 0.717) is 19.0 Å². The van der Waals surface area contributed by atoms with E-state index in [-0.39, 0.29) is 10.1 Å². The first-order valence-electron chi connectivity index (χ1n) is 9.60. The van der Waals surface area contributed by atoms with Gasteiger partial charge in [0.25, 0.3) is 0 Å². The van der Waals surface area contributed by atoms with Crippen LogP contribution in [0.1, 0.15) is 21.9 Å². The lowest BCUT2D eigenvalue weighted by atomic mass is 9.92. The van der Waals surface area contributed by atoms with Gasteiger partial charge in [0.05, 0.1) is 6.54 Å². The maximum Gasteiger partial charge on any atom is 0.247 e. The lowest BCUT2D eigenvalue weighted by molar-refractivity contribution is 0.600. The molecule has 0 saturated carbocycles. The van der Waals surface area contributed by atoms with Crippen molar-refractivity contribution in [2.24, 2.45) is 10.1 Å². The van der Waals surface area contributed by atoms with Crippen LogP contribution in [0.15, 0.2) is 82.0 Å². The second kappa shape index (κ2) is 10.4. The quantitative estimate of drug-likeness (QED) is 0.369. The van der Waals surface area contributed by atoms with Gasteiger partial charge in [0.1, 0.15) is 4.21 Å². The van der Waals surface area contributed by atoms with Gasteiger partial charge in [0, 0.05) is 24.4 Å². The summed E-state index contributed by atoms with van der Waals surface area (Å²) >= 11 is 1.16. The molecule has 0 amide bonds. The number of rotatable bonds is 8. The summed E-state index contributed by atoms with van der Waals surface area (Å²) in [6.45, 7) is 1.18. The summed E-state index contributed by atoms with van der Waals surface area (Å²) in [5, 5.41) is 11.8. The summed E-state index contributed by atoms with van der Waals surface area (Å²) in [5.41, 5.74) is 2.55. The second-order valence-corrected chi connectivity index (χ2v) is 9.83. The zero-order valence-electron chi connectivity index (χ0n) is 16.8. The van der Waals surface area contributed by atoms with Crippen LogP contribution in [0, 0.1) is 0 Å². The average Bonchev–Trinajstić information content (AvgIpc) is 3.24. The molecule has 0 spiro atoms. The molecule has 3 aromatic rings. The van der Waals surface area contributed by atoms with Crippen molar-refractivity contribution in [1.29, 1.82) is 0 Å². The molecular formula is C22H26N4O2S2. The molecule has 1 unspecified atom stereocenters. The highest BCUT2D eigenvalue weighted by atomic mass is 32.2. The van der Waals surface area contributed by atoms with Gasteiger partial charge in [0.2, 0.25) is 10.0 Å². The summed E-state index contributed by atoms with van der Waals surface area (Å²) in [7, 11) is -1.95. The van der Waals surface area contributed by atoms with Crippen LogP contribution in [-0.4, -0.2) is 28.0 Å². The highest BCUT2D eigenvalue weighted by molar-refractivity contribution is 7.91. The van der Waals surface area contributed by atoms with Crippen molar-refractivity contribution < 1.29 is 8.42 Å². The van der Waals surface area contributed by atoms with E-state index in [0.717, 1.165) is 22.6 Å². The molecule has 8 heteroatoms. The molecule has 0 bridgehead atoms. The van der Waals surface area contributed by atoms with Crippen molar-refractivity contribution in [3.05, 3.63) is 88.8 Å². The van der Waals surface area contributed by atoms with Crippen LogP contribution in [0.5, 0.6) is 0 Å².